The third kappa shape index (κ3) is 2.70. The van der Waals surface area contributed by atoms with E-state index in [2.05, 4.69) is 15.3 Å². The molecule has 2 heterocycles. The number of thioether (sulfide) groups is 1. The van der Waals surface area contributed by atoms with Gasteiger partial charge in [-0.25, -0.2) is 4.98 Å². The van der Waals surface area contributed by atoms with Crippen molar-refractivity contribution in [2.24, 2.45) is 0 Å². The minimum absolute atomic E-state index is 0.159. The van der Waals surface area contributed by atoms with Crippen LogP contribution in [0.2, 0.25) is 0 Å². The first-order chi connectivity index (χ1) is 9.26. The molecule has 3 rings (SSSR count). The second-order valence-electron chi connectivity index (χ2n) is 4.54. The number of aliphatic hydroxyl groups is 1. The number of benzene rings is 1. The maximum absolute atomic E-state index is 9.79. The summed E-state index contributed by atoms with van der Waals surface area (Å²) in [7, 11) is 0. The zero-order valence-electron chi connectivity index (χ0n) is 10.7. The van der Waals surface area contributed by atoms with Crippen LogP contribution in [0.1, 0.15) is 6.92 Å². The van der Waals surface area contributed by atoms with Crippen LogP contribution in [-0.2, 0) is 0 Å². The third-order valence-electron chi connectivity index (χ3n) is 3.13. The van der Waals surface area contributed by atoms with Gasteiger partial charge in [-0.05, 0) is 19.1 Å². The Morgan fingerprint density at radius 3 is 3.11 bits per heavy atom. The van der Waals surface area contributed by atoms with E-state index in [1.807, 2.05) is 25.1 Å². The molecule has 1 aliphatic rings. The highest BCUT2D eigenvalue weighted by Crippen LogP contribution is 2.28. The summed E-state index contributed by atoms with van der Waals surface area (Å²) < 4.78 is 5.47. The zero-order valence-corrected chi connectivity index (χ0v) is 11.5. The molecule has 3 N–H and O–H groups in total. The average molecular weight is 279 g/mol. The van der Waals surface area contributed by atoms with Crippen molar-refractivity contribution in [3.05, 3.63) is 18.2 Å². The molecular weight excluding hydrogens is 262 g/mol. The van der Waals surface area contributed by atoms with Gasteiger partial charge in [0.25, 0.3) is 0 Å². The molecule has 6 heteroatoms. The monoisotopic (exact) mass is 279 g/mol. The number of ether oxygens (including phenoxy) is 1. The summed E-state index contributed by atoms with van der Waals surface area (Å²) in [6, 6.07) is 5.83. The molecule has 102 valence electrons. The first-order valence-electron chi connectivity index (χ1n) is 6.44. The molecule has 1 aromatic heterocycles. The lowest BCUT2D eigenvalue weighted by Crippen LogP contribution is -2.20. The molecule has 2 aromatic rings. The molecule has 0 radical (unpaired) electrons. The van der Waals surface area contributed by atoms with Crippen molar-refractivity contribution in [1.29, 1.82) is 0 Å². The predicted molar refractivity (Wildman–Crippen MR) is 75.8 cm³/mol. The third-order valence-corrected chi connectivity index (χ3v) is 4.33. The van der Waals surface area contributed by atoms with Crippen LogP contribution in [0.15, 0.2) is 23.4 Å². The maximum Gasteiger partial charge on any atom is 0.166 e. The van der Waals surface area contributed by atoms with Crippen LogP contribution in [0.4, 0.5) is 0 Å². The molecule has 19 heavy (non-hydrogen) atoms. The number of hydrogen-bond donors (Lipinski definition) is 3. The zero-order chi connectivity index (χ0) is 13.2. The summed E-state index contributed by atoms with van der Waals surface area (Å²) in [4.78, 5) is 7.80. The van der Waals surface area contributed by atoms with Crippen molar-refractivity contribution in [2.45, 2.75) is 23.4 Å². The molecule has 5 nitrogen and oxygen atoms in total. The minimum Gasteiger partial charge on any atom is -0.494 e. The van der Waals surface area contributed by atoms with Gasteiger partial charge in [0.15, 0.2) is 5.16 Å². The number of nitrogens with zero attached hydrogens (tertiary/aromatic N) is 1. The van der Waals surface area contributed by atoms with Crippen molar-refractivity contribution in [1.82, 2.24) is 15.3 Å². The van der Waals surface area contributed by atoms with Crippen molar-refractivity contribution in [2.75, 3.05) is 19.7 Å². The molecule has 1 fully saturated rings. The fourth-order valence-corrected chi connectivity index (χ4v) is 3.24. The van der Waals surface area contributed by atoms with E-state index in [9.17, 15) is 5.11 Å². The number of rotatable bonds is 4. The van der Waals surface area contributed by atoms with Gasteiger partial charge in [-0.3, -0.25) is 0 Å². The number of aromatic nitrogens is 2. The van der Waals surface area contributed by atoms with Crippen LogP contribution < -0.4 is 10.1 Å². The van der Waals surface area contributed by atoms with Crippen LogP contribution in [0.3, 0.4) is 0 Å². The second-order valence-corrected chi connectivity index (χ2v) is 5.76. The number of β-amino-alcohol motifs (C(OH)–C–C–N with tert-alkyl or cyclic N) is 1. The standard InChI is InChI=1S/C13H17N3O2S/c1-2-18-8-3-4-9-10(5-8)16-13(15-9)19-12-7-14-6-11(12)17/h3-5,11-12,14,17H,2,6-7H2,1H3,(H,15,16). The molecule has 2 unspecified atom stereocenters. The lowest BCUT2D eigenvalue weighted by molar-refractivity contribution is 0.201. The van der Waals surface area contributed by atoms with Gasteiger partial charge in [-0.1, -0.05) is 11.8 Å². The Hall–Kier alpha value is -1.24. The minimum atomic E-state index is -0.308. The van der Waals surface area contributed by atoms with Crippen molar-refractivity contribution in [3.8, 4) is 5.75 Å². The van der Waals surface area contributed by atoms with E-state index < -0.39 is 0 Å². The number of aliphatic hydroxyl groups excluding tert-OH is 1. The fraction of sp³-hybridized carbons (Fsp3) is 0.462. The molecule has 1 aliphatic heterocycles. The van der Waals surface area contributed by atoms with Gasteiger partial charge in [0.05, 0.1) is 29.0 Å². The molecule has 2 atom stereocenters. The van der Waals surface area contributed by atoms with Gasteiger partial charge < -0.3 is 20.1 Å². The first kappa shape index (κ1) is 12.8. The Labute approximate surface area is 115 Å². The Bertz CT molecular complexity index is 572. The SMILES string of the molecule is CCOc1ccc2nc(SC3CNCC3O)[nH]c2c1. The first-order valence-corrected chi connectivity index (χ1v) is 7.32. The molecule has 0 spiro atoms. The number of hydrogen-bond acceptors (Lipinski definition) is 5. The van der Waals surface area contributed by atoms with Gasteiger partial charge in [-0.15, -0.1) is 0 Å². The van der Waals surface area contributed by atoms with E-state index in [1.165, 1.54) is 0 Å². The van der Waals surface area contributed by atoms with Gasteiger partial charge in [-0.2, -0.15) is 0 Å². The topological polar surface area (TPSA) is 70.2 Å². The fourth-order valence-electron chi connectivity index (χ4n) is 2.18. The molecule has 1 aromatic carbocycles. The summed E-state index contributed by atoms with van der Waals surface area (Å²) in [6.07, 6.45) is -0.308. The number of fused-ring (bicyclic) bond motifs is 1. The van der Waals surface area contributed by atoms with Crippen molar-refractivity contribution in [3.63, 3.8) is 0 Å². The van der Waals surface area contributed by atoms with Crippen LogP contribution in [0.5, 0.6) is 5.75 Å². The molecule has 0 aliphatic carbocycles. The van der Waals surface area contributed by atoms with Crippen LogP contribution in [0.25, 0.3) is 11.0 Å². The predicted octanol–water partition coefficient (Wildman–Crippen LogP) is 1.39. The average Bonchev–Trinajstić information content (AvgIpc) is 2.96. The normalized spacial score (nSPS) is 23.1. The maximum atomic E-state index is 9.79. The summed E-state index contributed by atoms with van der Waals surface area (Å²) in [5.41, 5.74) is 1.89. The Morgan fingerprint density at radius 1 is 1.47 bits per heavy atom. The van der Waals surface area contributed by atoms with Gasteiger partial charge in [0.2, 0.25) is 0 Å². The van der Waals surface area contributed by atoms with Gasteiger partial charge >= 0.3 is 0 Å². The number of nitrogens with one attached hydrogen (secondary N) is 2. The summed E-state index contributed by atoms with van der Waals surface area (Å²) in [5.74, 6) is 0.845. The van der Waals surface area contributed by atoms with Crippen LogP contribution in [-0.4, -0.2) is 46.1 Å². The van der Waals surface area contributed by atoms with Crippen LogP contribution >= 0.6 is 11.8 Å². The van der Waals surface area contributed by atoms with E-state index in [4.69, 9.17) is 4.74 Å². The van der Waals surface area contributed by atoms with E-state index in [0.717, 1.165) is 28.5 Å². The molecule has 0 bridgehead atoms. The Kier molecular flexibility index (Phi) is 3.63. The largest absolute Gasteiger partial charge is 0.494 e. The summed E-state index contributed by atoms with van der Waals surface area (Å²) >= 11 is 1.58. The van der Waals surface area contributed by atoms with Crippen LogP contribution in [0, 0.1) is 0 Å². The highest BCUT2D eigenvalue weighted by Gasteiger charge is 2.26. The quantitative estimate of drug-likeness (QED) is 0.789. The Morgan fingerprint density at radius 2 is 2.37 bits per heavy atom. The number of imidazole rings is 1. The Balaban J connectivity index is 1.80. The van der Waals surface area contributed by atoms with Crippen molar-refractivity contribution < 1.29 is 9.84 Å². The second kappa shape index (κ2) is 5.40. The smallest absolute Gasteiger partial charge is 0.166 e. The lowest BCUT2D eigenvalue weighted by Gasteiger charge is -2.09. The highest BCUT2D eigenvalue weighted by molar-refractivity contribution is 7.99. The van der Waals surface area contributed by atoms with Gasteiger partial charge in [0, 0.05) is 19.2 Å². The number of aromatic amines is 1. The number of H-pyrrole nitrogens is 1. The van der Waals surface area contributed by atoms with Crippen molar-refractivity contribution >= 4 is 22.8 Å². The molecule has 0 amide bonds. The molecular formula is C13H17N3O2S. The highest BCUT2D eigenvalue weighted by atomic mass is 32.2. The molecule has 0 saturated carbocycles. The molecule has 1 saturated heterocycles. The van der Waals surface area contributed by atoms with E-state index >= 15 is 0 Å². The van der Waals surface area contributed by atoms with Gasteiger partial charge in [0.1, 0.15) is 5.75 Å². The van der Waals surface area contributed by atoms with E-state index in [-0.39, 0.29) is 11.4 Å². The van der Waals surface area contributed by atoms with E-state index in [1.54, 1.807) is 11.8 Å². The summed E-state index contributed by atoms with van der Waals surface area (Å²) in [5, 5.41) is 14.0. The lowest BCUT2D eigenvalue weighted by atomic mass is 10.3. The summed E-state index contributed by atoms with van der Waals surface area (Å²) in [6.45, 7) is 4.09. The van der Waals surface area contributed by atoms with E-state index in [0.29, 0.717) is 13.2 Å².